The third-order valence-electron chi connectivity index (χ3n) is 3.79. The molecule has 1 saturated heterocycles. The fourth-order valence-corrected chi connectivity index (χ4v) is 2.78. The molecule has 1 aromatic rings. The second-order valence-corrected chi connectivity index (χ2v) is 5.55. The van der Waals surface area contributed by atoms with Crippen molar-refractivity contribution in [2.75, 3.05) is 31.7 Å². The van der Waals surface area contributed by atoms with Gasteiger partial charge >= 0.3 is 0 Å². The Morgan fingerprint density at radius 2 is 1.95 bits per heavy atom. The lowest BCUT2D eigenvalue weighted by Crippen LogP contribution is -2.44. The number of carbonyl (C=O) groups excluding carboxylic acids is 1. The van der Waals surface area contributed by atoms with E-state index >= 15 is 0 Å². The molecule has 1 fully saturated rings. The molecule has 1 N–H and O–H groups in total. The first-order chi connectivity index (χ1) is 9.52. The highest BCUT2D eigenvalue weighted by atomic mass is 16.5. The van der Waals surface area contributed by atoms with E-state index < -0.39 is 0 Å². The topological polar surface area (TPSA) is 41.6 Å². The fraction of sp³-hybridized carbons (Fsp3) is 0.562. The molecule has 1 amide bonds. The normalized spacial score (nSPS) is 22.0. The lowest BCUT2D eigenvalue weighted by Gasteiger charge is -2.25. The molecule has 0 aliphatic carbocycles. The molecule has 110 valence electrons. The zero-order chi connectivity index (χ0) is 14.7. The third kappa shape index (κ3) is 3.19. The summed E-state index contributed by atoms with van der Waals surface area (Å²) in [5.74, 6) is 0.0271. The van der Waals surface area contributed by atoms with Gasteiger partial charge in [-0.2, -0.15) is 0 Å². The van der Waals surface area contributed by atoms with E-state index in [1.165, 1.54) is 11.1 Å². The van der Waals surface area contributed by atoms with Gasteiger partial charge in [0.05, 0.1) is 19.1 Å². The summed E-state index contributed by atoms with van der Waals surface area (Å²) in [5, 5.41) is 3.33. The molecule has 2 atom stereocenters. The minimum atomic E-state index is -0.0965. The van der Waals surface area contributed by atoms with E-state index in [1.54, 1.807) is 4.90 Å². The highest BCUT2D eigenvalue weighted by Gasteiger charge is 2.35. The monoisotopic (exact) mass is 276 g/mol. The van der Waals surface area contributed by atoms with Crippen LogP contribution in [0.15, 0.2) is 18.2 Å². The second kappa shape index (κ2) is 6.37. The molecule has 1 aromatic carbocycles. The fourth-order valence-electron chi connectivity index (χ4n) is 2.78. The van der Waals surface area contributed by atoms with Crippen molar-refractivity contribution >= 4 is 11.6 Å². The van der Waals surface area contributed by atoms with Crippen LogP contribution in [0.3, 0.4) is 0 Å². The number of likely N-dealkylation sites (N-methyl/N-ethyl adjacent to an activating group) is 1. The van der Waals surface area contributed by atoms with Crippen LogP contribution in [0.4, 0.5) is 5.69 Å². The lowest BCUT2D eigenvalue weighted by atomic mass is 10.0. The van der Waals surface area contributed by atoms with E-state index in [1.807, 2.05) is 26.1 Å². The Hall–Kier alpha value is -1.39. The van der Waals surface area contributed by atoms with E-state index in [9.17, 15) is 4.79 Å². The molecule has 2 unspecified atom stereocenters. The third-order valence-corrected chi connectivity index (χ3v) is 3.79. The quantitative estimate of drug-likeness (QED) is 0.913. The second-order valence-electron chi connectivity index (χ2n) is 5.55. The Morgan fingerprint density at radius 3 is 2.55 bits per heavy atom. The van der Waals surface area contributed by atoms with E-state index in [0.29, 0.717) is 13.2 Å². The van der Waals surface area contributed by atoms with Crippen molar-refractivity contribution in [2.45, 2.75) is 26.8 Å². The van der Waals surface area contributed by atoms with Crippen molar-refractivity contribution in [3.8, 4) is 0 Å². The van der Waals surface area contributed by atoms with Gasteiger partial charge in [0.1, 0.15) is 0 Å². The predicted molar refractivity (Wildman–Crippen MR) is 81.1 cm³/mol. The molecule has 0 saturated carbocycles. The summed E-state index contributed by atoms with van der Waals surface area (Å²) >= 11 is 0. The first-order valence-corrected chi connectivity index (χ1v) is 7.20. The Balaban J connectivity index is 2.15. The van der Waals surface area contributed by atoms with Crippen molar-refractivity contribution in [1.82, 2.24) is 5.32 Å². The van der Waals surface area contributed by atoms with Crippen LogP contribution < -0.4 is 10.2 Å². The van der Waals surface area contributed by atoms with Gasteiger partial charge in [-0.1, -0.05) is 13.0 Å². The van der Waals surface area contributed by atoms with Crippen LogP contribution in [-0.4, -0.2) is 38.8 Å². The Labute approximate surface area is 121 Å². The van der Waals surface area contributed by atoms with Crippen LogP contribution >= 0.6 is 0 Å². The van der Waals surface area contributed by atoms with Crippen LogP contribution in [-0.2, 0) is 9.53 Å². The summed E-state index contributed by atoms with van der Waals surface area (Å²) in [6, 6.07) is 6.33. The number of aryl methyl sites for hydroxylation is 2. The number of hydrogen-bond donors (Lipinski definition) is 1. The molecule has 0 radical (unpaired) electrons. The van der Waals surface area contributed by atoms with E-state index in [2.05, 4.69) is 25.2 Å². The van der Waals surface area contributed by atoms with Gasteiger partial charge in [-0.3, -0.25) is 4.79 Å². The Kier molecular flexibility index (Phi) is 4.78. The van der Waals surface area contributed by atoms with Crippen molar-refractivity contribution in [3.05, 3.63) is 29.3 Å². The van der Waals surface area contributed by atoms with E-state index in [0.717, 1.165) is 12.2 Å². The minimum Gasteiger partial charge on any atom is -0.379 e. The average molecular weight is 276 g/mol. The maximum Gasteiger partial charge on any atom is 0.233 e. The summed E-state index contributed by atoms with van der Waals surface area (Å²) in [4.78, 5) is 14.4. The van der Waals surface area contributed by atoms with E-state index in [-0.39, 0.29) is 17.9 Å². The number of rotatable bonds is 4. The van der Waals surface area contributed by atoms with Crippen molar-refractivity contribution in [1.29, 1.82) is 0 Å². The van der Waals surface area contributed by atoms with E-state index in [4.69, 9.17) is 4.74 Å². The van der Waals surface area contributed by atoms with Crippen LogP contribution in [0.5, 0.6) is 0 Å². The van der Waals surface area contributed by atoms with Gasteiger partial charge in [-0.15, -0.1) is 0 Å². The number of carbonyl (C=O) groups is 1. The molecule has 4 nitrogen and oxygen atoms in total. The van der Waals surface area contributed by atoms with Gasteiger partial charge in [-0.25, -0.2) is 0 Å². The van der Waals surface area contributed by atoms with Gasteiger partial charge in [0.2, 0.25) is 5.91 Å². The largest absolute Gasteiger partial charge is 0.379 e. The zero-order valence-corrected chi connectivity index (χ0v) is 12.8. The predicted octanol–water partition coefficient (Wildman–Crippen LogP) is 1.89. The number of benzene rings is 1. The van der Waals surface area contributed by atoms with Crippen LogP contribution in [0.25, 0.3) is 0 Å². The van der Waals surface area contributed by atoms with Crippen LogP contribution in [0.2, 0.25) is 0 Å². The number of nitrogens with zero attached hydrogens (tertiary/aromatic N) is 1. The molecule has 20 heavy (non-hydrogen) atoms. The highest BCUT2D eigenvalue weighted by Crippen LogP contribution is 2.22. The first-order valence-electron chi connectivity index (χ1n) is 7.20. The number of ether oxygens (including phenoxy) is 1. The SMILES string of the molecule is CCNC1COCC1C(=O)N(C)c1cc(C)cc(C)c1. The molecule has 0 bridgehead atoms. The number of nitrogens with one attached hydrogen (secondary N) is 1. The summed E-state index contributed by atoms with van der Waals surface area (Å²) in [5.41, 5.74) is 3.30. The molecule has 0 aromatic heterocycles. The molecule has 0 spiro atoms. The van der Waals surface area contributed by atoms with Crippen molar-refractivity contribution in [3.63, 3.8) is 0 Å². The van der Waals surface area contributed by atoms with Gasteiger partial charge in [0.15, 0.2) is 0 Å². The molecule has 4 heteroatoms. The van der Waals surface area contributed by atoms with Crippen LogP contribution in [0.1, 0.15) is 18.1 Å². The smallest absolute Gasteiger partial charge is 0.233 e. The maximum atomic E-state index is 12.7. The molecule has 2 rings (SSSR count). The number of amides is 1. The Bertz CT molecular complexity index is 467. The standard InChI is InChI=1S/C16H24N2O2/c1-5-17-15-10-20-9-14(15)16(19)18(4)13-7-11(2)6-12(3)8-13/h6-8,14-15,17H,5,9-10H2,1-4H3. The summed E-state index contributed by atoms with van der Waals surface area (Å²) in [7, 11) is 1.85. The Morgan fingerprint density at radius 1 is 1.30 bits per heavy atom. The van der Waals surface area contributed by atoms with Crippen molar-refractivity contribution < 1.29 is 9.53 Å². The summed E-state index contributed by atoms with van der Waals surface area (Å²) in [6.45, 7) is 8.12. The molecular formula is C16H24N2O2. The lowest BCUT2D eigenvalue weighted by molar-refractivity contribution is -0.122. The van der Waals surface area contributed by atoms with Gasteiger partial charge < -0.3 is 15.0 Å². The molecule has 1 aliphatic heterocycles. The summed E-state index contributed by atoms with van der Waals surface area (Å²) in [6.07, 6.45) is 0. The van der Waals surface area contributed by atoms with Crippen LogP contribution in [0, 0.1) is 19.8 Å². The maximum absolute atomic E-state index is 12.7. The highest BCUT2D eigenvalue weighted by molar-refractivity contribution is 5.95. The first kappa shape index (κ1) is 15.0. The minimum absolute atomic E-state index is 0.0965. The number of anilines is 1. The van der Waals surface area contributed by atoms with Gasteiger partial charge in [0.25, 0.3) is 0 Å². The average Bonchev–Trinajstić information content (AvgIpc) is 2.84. The van der Waals surface area contributed by atoms with Gasteiger partial charge in [-0.05, 0) is 43.7 Å². The molecule has 1 heterocycles. The number of hydrogen-bond acceptors (Lipinski definition) is 3. The molecular weight excluding hydrogens is 252 g/mol. The molecule has 1 aliphatic rings. The van der Waals surface area contributed by atoms with Gasteiger partial charge in [0, 0.05) is 18.8 Å². The van der Waals surface area contributed by atoms with Crippen molar-refractivity contribution in [2.24, 2.45) is 5.92 Å². The summed E-state index contributed by atoms with van der Waals surface area (Å²) < 4.78 is 5.47. The zero-order valence-electron chi connectivity index (χ0n) is 12.8.